The van der Waals surface area contributed by atoms with Gasteiger partial charge in [0.1, 0.15) is 0 Å². The topological polar surface area (TPSA) is 71.1 Å². The van der Waals surface area contributed by atoms with Gasteiger partial charge in [0.15, 0.2) is 17.0 Å². The third-order valence-corrected chi connectivity index (χ3v) is 7.37. The smallest absolute Gasteiger partial charge is 0.254 e. The molecule has 3 aliphatic heterocycles. The van der Waals surface area contributed by atoms with Crippen molar-refractivity contribution in [1.29, 1.82) is 0 Å². The standard InChI is InChI=1S/C27H24ClN3O4/c1-30(2)25(32)22-12-16-6-3-4-7-17(16)14-31(22)27(19-8-5-9-23-24(19)35-15-34-23)20-13-18(28)10-11-21(20)29-26(27)33/h3-11,13,22H,12,14-15H2,1-2H3,(H,29,33)/t22-,27?/m0/s1. The van der Waals surface area contributed by atoms with Gasteiger partial charge < -0.3 is 19.7 Å². The fraction of sp³-hybridized carbons (Fsp3) is 0.259. The van der Waals surface area contributed by atoms with Crippen LogP contribution in [0.5, 0.6) is 11.5 Å². The maximum absolute atomic E-state index is 14.2. The number of fused-ring (bicyclic) bond motifs is 3. The highest BCUT2D eigenvalue weighted by atomic mass is 35.5. The number of anilines is 1. The molecule has 2 atom stereocenters. The first-order valence-corrected chi connectivity index (χ1v) is 11.8. The molecule has 8 heteroatoms. The van der Waals surface area contributed by atoms with Crippen molar-refractivity contribution in [2.75, 3.05) is 26.2 Å². The lowest BCUT2D eigenvalue weighted by atomic mass is 9.77. The minimum Gasteiger partial charge on any atom is -0.454 e. The molecule has 0 spiro atoms. The van der Waals surface area contributed by atoms with E-state index in [2.05, 4.69) is 5.32 Å². The van der Waals surface area contributed by atoms with Crippen LogP contribution in [0.1, 0.15) is 22.3 Å². The van der Waals surface area contributed by atoms with Crippen LogP contribution in [0.3, 0.4) is 0 Å². The molecule has 3 aromatic carbocycles. The van der Waals surface area contributed by atoms with E-state index in [0.29, 0.717) is 46.3 Å². The van der Waals surface area contributed by atoms with Gasteiger partial charge in [-0.25, -0.2) is 0 Å². The monoisotopic (exact) mass is 489 g/mol. The first-order valence-electron chi connectivity index (χ1n) is 11.5. The third-order valence-electron chi connectivity index (χ3n) is 7.14. The van der Waals surface area contributed by atoms with Crippen LogP contribution in [-0.4, -0.2) is 48.5 Å². The van der Waals surface area contributed by atoms with E-state index in [0.717, 1.165) is 11.1 Å². The molecule has 3 aliphatic rings. The number of halogens is 1. The Hall–Kier alpha value is -3.55. The first kappa shape index (κ1) is 21.9. The van der Waals surface area contributed by atoms with Gasteiger partial charge in [-0.3, -0.25) is 14.5 Å². The molecule has 6 rings (SSSR count). The number of amides is 2. The molecule has 0 bridgehead atoms. The minimum atomic E-state index is -1.36. The highest BCUT2D eigenvalue weighted by Gasteiger charge is 2.58. The lowest BCUT2D eigenvalue weighted by molar-refractivity contribution is -0.141. The summed E-state index contributed by atoms with van der Waals surface area (Å²) in [6.45, 7) is 0.458. The Morgan fingerprint density at radius 3 is 2.66 bits per heavy atom. The molecule has 3 aromatic rings. The Morgan fingerprint density at radius 1 is 1.06 bits per heavy atom. The SMILES string of the molecule is CN(C)C(=O)[C@@H]1Cc2ccccc2CN1C1(c2cccc3c2OCO3)C(=O)Nc2ccc(Cl)cc21. The van der Waals surface area contributed by atoms with Crippen molar-refractivity contribution in [3.05, 3.63) is 87.9 Å². The second-order valence-electron chi connectivity index (χ2n) is 9.24. The molecule has 178 valence electrons. The molecule has 0 aromatic heterocycles. The van der Waals surface area contributed by atoms with Crippen LogP contribution in [0.15, 0.2) is 60.7 Å². The predicted molar refractivity (Wildman–Crippen MR) is 132 cm³/mol. The molecule has 0 fully saturated rings. The summed E-state index contributed by atoms with van der Waals surface area (Å²) >= 11 is 6.48. The van der Waals surface area contributed by atoms with Crippen LogP contribution >= 0.6 is 11.6 Å². The summed E-state index contributed by atoms with van der Waals surface area (Å²) in [7, 11) is 3.48. The van der Waals surface area contributed by atoms with Crippen LogP contribution in [0.4, 0.5) is 5.69 Å². The maximum atomic E-state index is 14.2. The number of hydrogen-bond acceptors (Lipinski definition) is 5. The van der Waals surface area contributed by atoms with E-state index in [9.17, 15) is 9.59 Å². The molecule has 1 unspecified atom stereocenters. The Bertz CT molecular complexity index is 1370. The van der Waals surface area contributed by atoms with Crippen LogP contribution in [-0.2, 0) is 28.1 Å². The molecule has 3 heterocycles. The summed E-state index contributed by atoms with van der Waals surface area (Å²) < 4.78 is 11.6. The lowest BCUT2D eigenvalue weighted by Gasteiger charge is -2.47. The second-order valence-corrected chi connectivity index (χ2v) is 9.68. The average Bonchev–Trinajstić information content (AvgIpc) is 3.45. The Morgan fingerprint density at radius 2 is 1.86 bits per heavy atom. The number of carbonyl (C=O) groups excluding carboxylic acids is 2. The third kappa shape index (κ3) is 3.15. The van der Waals surface area contributed by atoms with Crippen molar-refractivity contribution in [3.8, 4) is 11.5 Å². The fourth-order valence-electron chi connectivity index (χ4n) is 5.58. The zero-order valence-corrected chi connectivity index (χ0v) is 20.1. The number of ether oxygens (including phenoxy) is 2. The van der Waals surface area contributed by atoms with Crippen LogP contribution in [0.25, 0.3) is 0 Å². The molecule has 35 heavy (non-hydrogen) atoms. The minimum absolute atomic E-state index is 0.0648. The van der Waals surface area contributed by atoms with Crippen molar-refractivity contribution >= 4 is 29.1 Å². The van der Waals surface area contributed by atoms with E-state index in [1.807, 2.05) is 53.4 Å². The van der Waals surface area contributed by atoms with Crippen molar-refractivity contribution in [1.82, 2.24) is 9.80 Å². The highest BCUT2D eigenvalue weighted by molar-refractivity contribution is 6.31. The summed E-state index contributed by atoms with van der Waals surface area (Å²) in [6.07, 6.45) is 0.477. The Labute approximate surface area is 208 Å². The fourth-order valence-corrected chi connectivity index (χ4v) is 5.75. The summed E-state index contributed by atoms with van der Waals surface area (Å²) in [5.41, 5.74) is 2.79. The highest BCUT2D eigenvalue weighted by Crippen LogP contribution is 2.53. The molecule has 7 nitrogen and oxygen atoms in total. The zero-order chi connectivity index (χ0) is 24.3. The predicted octanol–water partition coefficient (Wildman–Crippen LogP) is 3.78. The van der Waals surface area contributed by atoms with Gasteiger partial charge >= 0.3 is 0 Å². The van der Waals surface area contributed by atoms with Crippen LogP contribution in [0, 0.1) is 0 Å². The zero-order valence-electron chi connectivity index (χ0n) is 19.4. The van der Waals surface area contributed by atoms with Gasteiger partial charge in [0.2, 0.25) is 12.7 Å². The molecular weight excluding hydrogens is 466 g/mol. The van der Waals surface area contributed by atoms with E-state index in [-0.39, 0.29) is 18.6 Å². The number of para-hydroxylation sites is 1. The second kappa shape index (κ2) is 8.00. The van der Waals surface area contributed by atoms with Gasteiger partial charge in [0.25, 0.3) is 5.91 Å². The van der Waals surface area contributed by atoms with Crippen LogP contribution < -0.4 is 14.8 Å². The number of nitrogens with one attached hydrogen (secondary N) is 1. The van der Waals surface area contributed by atoms with E-state index in [1.54, 1.807) is 31.1 Å². The summed E-state index contributed by atoms with van der Waals surface area (Å²) in [6, 6.07) is 18.4. The first-order chi connectivity index (χ1) is 16.9. The maximum Gasteiger partial charge on any atom is 0.254 e. The summed E-state index contributed by atoms with van der Waals surface area (Å²) in [4.78, 5) is 31.4. The summed E-state index contributed by atoms with van der Waals surface area (Å²) in [5.74, 6) is 0.741. The Balaban J connectivity index is 1.67. The van der Waals surface area contributed by atoms with Gasteiger partial charge in [0.05, 0.1) is 6.04 Å². The van der Waals surface area contributed by atoms with Gasteiger partial charge in [0, 0.05) is 42.5 Å². The van der Waals surface area contributed by atoms with E-state index < -0.39 is 11.6 Å². The molecule has 1 N–H and O–H groups in total. The number of benzene rings is 3. The molecule has 0 aliphatic carbocycles. The van der Waals surface area contributed by atoms with E-state index in [1.165, 1.54) is 0 Å². The van der Waals surface area contributed by atoms with E-state index >= 15 is 0 Å². The molecule has 2 amide bonds. The normalized spacial score (nSPS) is 22.4. The molecule has 0 radical (unpaired) electrons. The number of likely N-dealkylation sites (N-methyl/N-ethyl adjacent to an activating group) is 1. The largest absolute Gasteiger partial charge is 0.454 e. The molecular formula is C27H24ClN3O4. The number of hydrogen-bond donors (Lipinski definition) is 1. The average molecular weight is 490 g/mol. The van der Waals surface area contributed by atoms with Crippen molar-refractivity contribution in [2.45, 2.75) is 24.5 Å². The lowest BCUT2D eigenvalue weighted by Crippen LogP contribution is -2.61. The van der Waals surface area contributed by atoms with Crippen molar-refractivity contribution in [2.24, 2.45) is 0 Å². The molecule has 0 saturated carbocycles. The summed E-state index contributed by atoms with van der Waals surface area (Å²) in [5, 5.41) is 3.56. The van der Waals surface area contributed by atoms with Gasteiger partial charge in [-0.2, -0.15) is 0 Å². The number of carbonyl (C=O) groups is 2. The number of nitrogens with zero attached hydrogens (tertiary/aromatic N) is 2. The van der Waals surface area contributed by atoms with Crippen LogP contribution in [0.2, 0.25) is 5.02 Å². The van der Waals surface area contributed by atoms with Crippen molar-refractivity contribution < 1.29 is 19.1 Å². The van der Waals surface area contributed by atoms with Gasteiger partial charge in [-0.15, -0.1) is 0 Å². The van der Waals surface area contributed by atoms with E-state index in [4.69, 9.17) is 21.1 Å². The van der Waals surface area contributed by atoms with Crippen molar-refractivity contribution in [3.63, 3.8) is 0 Å². The number of rotatable bonds is 3. The van der Waals surface area contributed by atoms with Gasteiger partial charge in [-0.05, 0) is 41.8 Å². The quantitative estimate of drug-likeness (QED) is 0.606. The van der Waals surface area contributed by atoms with Gasteiger partial charge in [-0.1, -0.05) is 48.0 Å². The molecule has 0 saturated heterocycles. The Kier molecular flexibility index (Phi) is 5.02.